The molecular formula is C19H18Br2N2O2. The molecule has 0 spiro atoms. The molecule has 1 unspecified atom stereocenters. The molecule has 0 fully saturated rings. The molecule has 1 aliphatic rings. The molecule has 1 heterocycles. The Bertz CT molecular complexity index is 822. The first-order valence-electron chi connectivity index (χ1n) is 8.03. The third-order valence-electron chi connectivity index (χ3n) is 4.20. The second-order valence-electron chi connectivity index (χ2n) is 6.10. The highest BCUT2D eigenvalue weighted by atomic mass is 79.9. The van der Waals surface area contributed by atoms with Crippen molar-refractivity contribution in [3.05, 3.63) is 62.5 Å². The van der Waals surface area contributed by atoms with Crippen LogP contribution in [0.3, 0.4) is 0 Å². The number of carbonyl (C=O) groups is 1. The summed E-state index contributed by atoms with van der Waals surface area (Å²) in [6.07, 6.45) is 1.67. The van der Waals surface area contributed by atoms with Gasteiger partial charge in [0.2, 0.25) is 5.91 Å². The SMILES string of the molecule is CC1=NN(C(=O)CCc2ccccc2)C(c2cc(Br)cc(Br)c2O)C1. The molecule has 0 aromatic heterocycles. The van der Waals surface area contributed by atoms with Crippen LogP contribution in [-0.4, -0.2) is 21.7 Å². The monoisotopic (exact) mass is 464 g/mol. The third kappa shape index (κ3) is 4.12. The van der Waals surface area contributed by atoms with Crippen LogP contribution in [0.4, 0.5) is 0 Å². The molecule has 6 heteroatoms. The van der Waals surface area contributed by atoms with Crippen LogP contribution >= 0.6 is 31.9 Å². The van der Waals surface area contributed by atoms with Gasteiger partial charge >= 0.3 is 0 Å². The van der Waals surface area contributed by atoms with E-state index in [1.165, 1.54) is 5.01 Å². The van der Waals surface area contributed by atoms with Crippen LogP contribution in [0.5, 0.6) is 5.75 Å². The van der Waals surface area contributed by atoms with Crippen LogP contribution in [0, 0.1) is 0 Å². The molecule has 130 valence electrons. The van der Waals surface area contributed by atoms with E-state index in [1.807, 2.05) is 43.3 Å². The summed E-state index contributed by atoms with van der Waals surface area (Å²) < 4.78 is 1.44. The van der Waals surface area contributed by atoms with Crippen molar-refractivity contribution in [3.63, 3.8) is 0 Å². The summed E-state index contributed by atoms with van der Waals surface area (Å²) in [5, 5.41) is 16.4. The molecule has 0 saturated carbocycles. The number of halogens is 2. The number of amides is 1. The molecule has 0 aliphatic carbocycles. The minimum Gasteiger partial charge on any atom is -0.506 e. The van der Waals surface area contributed by atoms with Gasteiger partial charge in [-0.25, -0.2) is 5.01 Å². The van der Waals surface area contributed by atoms with Crippen LogP contribution in [0.25, 0.3) is 0 Å². The highest BCUT2D eigenvalue weighted by molar-refractivity contribution is 9.11. The van der Waals surface area contributed by atoms with Gasteiger partial charge in [0.25, 0.3) is 0 Å². The second kappa shape index (κ2) is 7.70. The Labute approximate surface area is 163 Å². The molecule has 1 aliphatic heterocycles. The molecule has 0 saturated heterocycles. The first-order chi connectivity index (χ1) is 12.0. The van der Waals surface area contributed by atoms with Gasteiger partial charge in [0.05, 0.1) is 10.5 Å². The van der Waals surface area contributed by atoms with Gasteiger partial charge in [-0.15, -0.1) is 0 Å². The maximum absolute atomic E-state index is 12.7. The van der Waals surface area contributed by atoms with Crippen LogP contribution in [0.2, 0.25) is 0 Å². The Balaban J connectivity index is 1.80. The molecule has 1 atom stereocenters. The Morgan fingerprint density at radius 2 is 2.00 bits per heavy atom. The van der Waals surface area contributed by atoms with Crippen molar-refractivity contribution < 1.29 is 9.90 Å². The van der Waals surface area contributed by atoms with Crippen molar-refractivity contribution in [1.29, 1.82) is 0 Å². The largest absolute Gasteiger partial charge is 0.506 e. The van der Waals surface area contributed by atoms with E-state index in [0.717, 1.165) is 15.7 Å². The van der Waals surface area contributed by atoms with Gasteiger partial charge in [-0.3, -0.25) is 4.79 Å². The number of aromatic hydroxyl groups is 1. The number of hydrogen-bond donors (Lipinski definition) is 1. The topological polar surface area (TPSA) is 52.9 Å². The number of benzene rings is 2. The van der Waals surface area contributed by atoms with E-state index in [1.54, 1.807) is 6.07 Å². The van der Waals surface area contributed by atoms with Crippen LogP contribution in [0.1, 0.15) is 36.9 Å². The lowest BCUT2D eigenvalue weighted by Crippen LogP contribution is -2.27. The lowest BCUT2D eigenvalue weighted by atomic mass is 10.0. The van der Waals surface area contributed by atoms with Gasteiger partial charge in [0, 0.05) is 28.6 Å². The maximum atomic E-state index is 12.7. The summed E-state index contributed by atoms with van der Waals surface area (Å²) >= 11 is 6.80. The van der Waals surface area contributed by atoms with E-state index in [-0.39, 0.29) is 17.7 Å². The fourth-order valence-electron chi connectivity index (χ4n) is 2.98. The van der Waals surface area contributed by atoms with Gasteiger partial charge in [-0.05, 0) is 47.0 Å². The summed E-state index contributed by atoms with van der Waals surface area (Å²) in [5.41, 5.74) is 2.70. The third-order valence-corrected chi connectivity index (χ3v) is 5.27. The highest BCUT2D eigenvalue weighted by Gasteiger charge is 2.33. The smallest absolute Gasteiger partial charge is 0.243 e. The number of carbonyl (C=O) groups excluding carboxylic acids is 1. The van der Waals surface area contributed by atoms with Gasteiger partial charge in [-0.2, -0.15) is 5.10 Å². The van der Waals surface area contributed by atoms with E-state index in [9.17, 15) is 9.90 Å². The predicted octanol–water partition coefficient (Wildman–Crippen LogP) is 5.20. The standard InChI is InChI=1S/C19H18Br2N2O2/c1-12-9-17(15-10-14(20)11-16(21)19(15)25)23(22-12)18(24)8-7-13-5-3-2-4-6-13/h2-6,10-11,17,25H,7-9H2,1H3. The minimum absolute atomic E-state index is 0.0406. The van der Waals surface area contributed by atoms with Crippen molar-refractivity contribution in [2.45, 2.75) is 32.2 Å². The average molecular weight is 466 g/mol. The normalized spacial score (nSPS) is 16.8. The lowest BCUT2D eigenvalue weighted by Gasteiger charge is -2.23. The van der Waals surface area contributed by atoms with Gasteiger partial charge in [-0.1, -0.05) is 46.3 Å². The van der Waals surface area contributed by atoms with Crippen LogP contribution in [0.15, 0.2) is 56.5 Å². The number of nitrogens with zero attached hydrogens (tertiary/aromatic N) is 2. The molecule has 0 radical (unpaired) electrons. The van der Waals surface area contributed by atoms with Gasteiger partial charge < -0.3 is 5.11 Å². The predicted molar refractivity (Wildman–Crippen MR) is 106 cm³/mol. The zero-order chi connectivity index (χ0) is 18.0. The average Bonchev–Trinajstić information content (AvgIpc) is 2.98. The number of hydrazone groups is 1. The first-order valence-corrected chi connectivity index (χ1v) is 9.62. The van der Waals surface area contributed by atoms with Crippen LogP contribution in [-0.2, 0) is 11.2 Å². The number of phenols is 1. The van der Waals surface area contributed by atoms with Crippen molar-refractivity contribution in [2.24, 2.45) is 5.10 Å². The highest BCUT2D eigenvalue weighted by Crippen LogP contribution is 2.41. The molecule has 2 aromatic rings. The summed E-state index contributed by atoms with van der Waals surface area (Å²) in [4.78, 5) is 12.7. The molecule has 4 nitrogen and oxygen atoms in total. The van der Waals surface area contributed by atoms with E-state index in [4.69, 9.17) is 0 Å². The molecule has 1 amide bonds. The van der Waals surface area contributed by atoms with E-state index in [0.29, 0.717) is 29.3 Å². The number of aryl methyl sites for hydroxylation is 1. The Morgan fingerprint density at radius 3 is 2.72 bits per heavy atom. The molecular weight excluding hydrogens is 448 g/mol. The fraction of sp³-hybridized carbons (Fsp3) is 0.263. The van der Waals surface area contributed by atoms with Gasteiger partial charge in [0.1, 0.15) is 5.75 Å². The fourth-order valence-corrected chi connectivity index (χ4v) is 4.24. The zero-order valence-corrected chi connectivity index (χ0v) is 16.9. The van der Waals surface area contributed by atoms with Crippen molar-refractivity contribution in [1.82, 2.24) is 5.01 Å². The minimum atomic E-state index is -0.280. The van der Waals surface area contributed by atoms with E-state index < -0.39 is 0 Å². The lowest BCUT2D eigenvalue weighted by molar-refractivity contribution is -0.133. The number of phenolic OH excluding ortho intramolecular Hbond substituents is 1. The summed E-state index contributed by atoms with van der Waals surface area (Å²) in [5.74, 6) is 0.111. The summed E-state index contributed by atoms with van der Waals surface area (Å²) in [6.45, 7) is 1.90. The van der Waals surface area contributed by atoms with Crippen molar-refractivity contribution >= 4 is 43.5 Å². The van der Waals surface area contributed by atoms with Crippen LogP contribution < -0.4 is 0 Å². The Hall–Kier alpha value is -1.66. The molecule has 2 aromatic carbocycles. The maximum Gasteiger partial charge on any atom is 0.243 e. The zero-order valence-electron chi connectivity index (χ0n) is 13.7. The summed E-state index contributed by atoms with van der Waals surface area (Å²) in [7, 11) is 0. The second-order valence-corrected chi connectivity index (χ2v) is 7.87. The Kier molecular flexibility index (Phi) is 5.59. The van der Waals surface area contributed by atoms with Crippen molar-refractivity contribution in [2.75, 3.05) is 0 Å². The quantitative estimate of drug-likeness (QED) is 0.674. The Morgan fingerprint density at radius 1 is 1.28 bits per heavy atom. The molecule has 3 rings (SSSR count). The number of hydrogen-bond acceptors (Lipinski definition) is 3. The first kappa shape index (κ1) is 18.1. The molecule has 0 bridgehead atoms. The van der Waals surface area contributed by atoms with Gasteiger partial charge in [0.15, 0.2) is 0 Å². The number of rotatable bonds is 4. The summed E-state index contributed by atoms with van der Waals surface area (Å²) in [6, 6.07) is 13.3. The molecule has 1 N–H and O–H groups in total. The van der Waals surface area contributed by atoms with E-state index in [2.05, 4.69) is 37.0 Å². The molecule has 25 heavy (non-hydrogen) atoms. The van der Waals surface area contributed by atoms with Crippen molar-refractivity contribution in [3.8, 4) is 5.75 Å². The van der Waals surface area contributed by atoms with E-state index >= 15 is 0 Å².